The molecule has 3 N–H and O–H groups in total. The van der Waals surface area contributed by atoms with Crippen molar-refractivity contribution in [2.45, 2.75) is 18.9 Å². The number of hydrogen-bond donors (Lipinski definition) is 2. The Morgan fingerprint density at radius 2 is 1.57 bits per heavy atom. The maximum atomic E-state index is 12.3. The van der Waals surface area contributed by atoms with Crippen molar-refractivity contribution in [3.05, 3.63) is 77.9 Å². The van der Waals surface area contributed by atoms with Gasteiger partial charge in [-0.2, -0.15) is 0 Å². The summed E-state index contributed by atoms with van der Waals surface area (Å²) in [6, 6.07) is 20.4. The number of benzene rings is 3. The first-order valence-electron chi connectivity index (χ1n) is 7.66. The van der Waals surface area contributed by atoms with Crippen LogP contribution in [0.3, 0.4) is 0 Å². The number of nitrogens with two attached hydrogens (primary N) is 1. The van der Waals surface area contributed by atoms with Crippen molar-refractivity contribution in [2.75, 3.05) is 0 Å². The van der Waals surface area contributed by atoms with Gasteiger partial charge in [0, 0.05) is 6.42 Å². The van der Waals surface area contributed by atoms with Gasteiger partial charge < -0.3 is 10.8 Å². The minimum Gasteiger partial charge on any atom is -0.508 e. The molecule has 0 aliphatic rings. The molecule has 1 unspecified atom stereocenters. The summed E-state index contributed by atoms with van der Waals surface area (Å²) < 4.78 is 0. The molecule has 0 fully saturated rings. The second-order valence-electron chi connectivity index (χ2n) is 5.80. The topological polar surface area (TPSA) is 63.3 Å². The van der Waals surface area contributed by atoms with Gasteiger partial charge in [0.15, 0.2) is 5.78 Å². The van der Waals surface area contributed by atoms with Gasteiger partial charge in [0.2, 0.25) is 0 Å². The third-order valence-electron chi connectivity index (χ3n) is 4.00. The van der Waals surface area contributed by atoms with Gasteiger partial charge in [-0.05, 0) is 40.5 Å². The number of Topliss-reactive ketones (excluding diaryl/α,β-unsaturated/α-hetero) is 1. The van der Waals surface area contributed by atoms with E-state index in [0.717, 1.165) is 21.9 Å². The van der Waals surface area contributed by atoms with E-state index >= 15 is 0 Å². The summed E-state index contributed by atoms with van der Waals surface area (Å²) in [4.78, 5) is 12.3. The van der Waals surface area contributed by atoms with Crippen LogP contribution in [0.25, 0.3) is 10.8 Å². The summed E-state index contributed by atoms with van der Waals surface area (Å²) in [6.45, 7) is 0. The van der Waals surface area contributed by atoms with Crippen molar-refractivity contribution < 1.29 is 9.90 Å². The minimum atomic E-state index is -0.536. The van der Waals surface area contributed by atoms with Gasteiger partial charge in [-0.1, -0.05) is 54.6 Å². The summed E-state index contributed by atoms with van der Waals surface area (Å²) >= 11 is 0. The van der Waals surface area contributed by atoms with E-state index in [9.17, 15) is 9.90 Å². The standard InChI is InChI=1S/C20H19NO2/c21-19(12-14-6-9-18(22)10-7-14)20(23)13-15-5-8-16-3-1-2-4-17(16)11-15/h1-11,19,22H,12-13,21H2. The van der Waals surface area contributed by atoms with Gasteiger partial charge in [-0.3, -0.25) is 4.79 Å². The maximum Gasteiger partial charge on any atom is 0.154 e. The first-order valence-corrected chi connectivity index (χ1v) is 7.66. The Bertz CT molecular complexity index is 824. The second kappa shape index (κ2) is 6.63. The molecule has 3 heteroatoms. The summed E-state index contributed by atoms with van der Waals surface area (Å²) in [7, 11) is 0. The SMILES string of the molecule is NC(Cc1ccc(O)cc1)C(=O)Cc1ccc2ccccc2c1. The molecule has 23 heavy (non-hydrogen) atoms. The Hall–Kier alpha value is -2.65. The molecule has 0 saturated heterocycles. The number of carbonyl (C=O) groups is 1. The van der Waals surface area contributed by atoms with Crippen LogP contribution in [0.4, 0.5) is 0 Å². The average Bonchev–Trinajstić information content (AvgIpc) is 2.56. The Morgan fingerprint density at radius 1 is 0.913 bits per heavy atom. The summed E-state index contributed by atoms with van der Waals surface area (Å²) in [5, 5.41) is 11.6. The molecule has 3 rings (SSSR count). The molecule has 0 saturated carbocycles. The molecule has 0 radical (unpaired) electrons. The Kier molecular flexibility index (Phi) is 4.40. The van der Waals surface area contributed by atoms with Crippen LogP contribution in [0.5, 0.6) is 5.75 Å². The molecule has 0 spiro atoms. The third kappa shape index (κ3) is 3.76. The Balaban J connectivity index is 1.68. The van der Waals surface area contributed by atoms with Crippen LogP contribution in [0.1, 0.15) is 11.1 Å². The van der Waals surface area contributed by atoms with Crippen molar-refractivity contribution in [2.24, 2.45) is 5.73 Å². The smallest absolute Gasteiger partial charge is 0.154 e. The van der Waals surface area contributed by atoms with E-state index < -0.39 is 6.04 Å². The fourth-order valence-corrected chi connectivity index (χ4v) is 2.68. The van der Waals surface area contributed by atoms with Crippen molar-refractivity contribution in [3.63, 3.8) is 0 Å². The monoisotopic (exact) mass is 305 g/mol. The molecule has 3 aromatic rings. The zero-order valence-electron chi connectivity index (χ0n) is 12.8. The summed E-state index contributed by atoms with van der Waals surface area (Å²) in [5.41, 5.74) is 7.96. The lowest BCUT2D eigenvalue weighted by Crippen LogP contribution is -2.33. The number of ketones is 1. The van der Waals surface area contributed by atoms with E-state index in [0.29, 0.717) is 12.8 Å². The molecule has 0 aliphatic heterocycles. The van der Waals surface area contributed by atoms with E-state index in [1.807, 2.05) is 36.4 Å². The first-order chi connectivity index (χ1) is 11.1. The molecular formula is C20H19NO2. The maximum absolute atomic E-state index is 12.3. The quantitative estimate of drug-likeness (QED) is 0.760. The lowest BCUT2D eigenvalue weighted by molar-refractivity contribution is -0.119. The van der Waals surface area contributed by atoms with Crippen LogP contribution < -0.4 is 5.73 Å². The minimum absolute atomic E-state index is 0.0216. The highest BCUT2D eigenvalue weighted by Gasteiger charge is 2.15. The van der Waals surface area contributed by atoms with Gasteiger partial charge >= 0.3 is 0 Å². The van der Waals surface area contributed by atoms with Gasteiger partial charge in [-0.15, -0.1) is 0 Å². The molecule has 3 aromatic carbocycles. The van der Waals surface area contributed by atoms with Gasteiger partial charge in [-0.25, -0.2) is 0 Å². The van der Waals surface area contributed by atoms with Crippen LogP contribution in [0.15, 0.2) is 66.7 Å². The zero-order chi connectivity index (χ0) is 16.2. The molecule has 0 bridgehead atoms. The van der Waals surface area contributed by atoms with Gasteiger partial charge in [0.1, 0.15) is 5.75 Å². The summed E-state index contributed by atoms with van der Waals surface area (Å²) in [5.74, 6) is 0.234. The van der Waals surface area contributed by atoms with Crippen LogP contribution in [0.2, 0.25) is 0 Å². The summed E-state index contributed by atoms with van der Waals surface area (Å²) in [6.07, 6.45) is 0.816. The lowest BCUT2D eigenvalue weighted by atomic mass is 9.97. The molecule has 116 valence electrons. The van der Waals surface area contributed by atoms with Gasteiger partial charge in [0.05, 0.1) is 6.04 Å². The van der Waals surface area contributed by atoms with Crippen LogP contribution in [-0.2, 0) is 17.6 Å². The van der Waals surface area contributed by atoms with E-state index in [-0.39, 0.29) is 11.5 Å². The fourth-order valence-electron chi connectivity index (χ4n) is 2.68. The number of aromatic hydroxyl groups is 1. The van der Waals surface area contributed by atoms with E-state index in [4.69, 9.17) is 5.73 Å². The van der Waals surface area contributed by atoms with Crippen molar-refractivity contribution in [1.29, 1.82) is 0 Å². The molecule has 0 aliphatic carbocycles. The Labute approximate surface area is 135 Å². The normalized spacial score (nSPS) is 12.2. The largest absolute Gasteiger partial charge is 0.508 e. The molecular weight excluding hydrogens is 286 g/mol. The molecule has 3 nitrogen and oxygen atoms in total. The van der Waals surface area contributed by atoms with Crippen molar-refractivity contribution in [3.8, 4) is 5.75 Å². The highest BCUT2D eigenvalue weighted by atomic mass is 16.3. The molecule has 0 heterocycles. The number of phenolic OH excluding ortho intramolecular Hbond substituents is 1. The predicted octanol–water partition coefficient (Wildman–Crippen LogP) is 3.23. The second-order valence-corrected chi connectivity index (χ2v) is 5.80. The lowest BCUT2D eigenvalue weighted by Gasteiger charge is -2.11. The molecule has 0 aromatic heterocycles. The fraction of sp³-hybridized carbons (Fsp3) is 0.150. The van der Waals surface area contributed by atoms with Crippen molar-refractivity contribution in [1.82, 2.24) is 0 Å². The predicted molar refractivity (Wildman–Crippen MR) is 92.4 cm³/mol. The van der Waals surface area contributed by atoms with Gasteiger partial charge in [0.25, 0.3) is 0 Å². The van der Waals surface area contributed by atoms with Crippen molar-refractivity contribution >= 4 is 16.6 Å². The van der Waals surface area contributed by atoms with Crippen LogP contribution in [-0.4, -0.2) is 16.9 Å². The highest BCUT2D eigenvalue weighted by molar-refractivity contribution is 5.88. The van der Waals surface area contributed by atoms with E-state index in [2.05, 4.69) is 6.07 Å². The van der Waals surface area contributed by atoms with E-state index in [1.165, 1.54) is 0 Å². The zero-order valence-corrected chi connectivity index (χ0v) is 12.8. The molecule has 1 atom stereocenters. The molecule has 0 amide bonds. The number of rotatable bonds is 5. The number of fused-ring (bicyclic) bond motifs is 1. The number of hydrogen-bond acceptors (Lipinski definition) is 3. The first kappa shape index (κ1) is 15.3. The third-order valence-corrected chi connectivity index (χ3v) is 4.00. The Morgan fingerprint density at radius 3 is 2.30 bits per heavy atom. The van der Waals surface area contributed by atoms with E-state index in [1.54, 1.807) is 24.3 Å². The average molecular weight is 305 g/mol. The number of carbonyl (C=O) groups excluding carboxylic acids is 1. The highest BCUT2D eigenvalue weighted by Crippen LogP contribution is 2.17. The van der Waals surface area contributed by atoms with Crippen LogP contribution in [0, 0.1) is 0 Å². The van der Waals surface area contributed by atoms with Crippen LogP contribution >= 0.6 is 0 Å². The number of phenols is 1.